The number of benzene rings is 1. The van der Waals surface area contributed by atoms with Gasteiger partial charge in [-0.25, -0.2) is 0 Å². The summed E-state index contributed by atoms with van der Waals surface area (Å²) in [7, 11) is 0. The Hall–Kier alpha value is -1.88. The van der Waals surface area contributed by atoms with Gasteiger partial charge in [0.15, 0.2) is 6.04 Å². The van der Waals surface area contributed by atoms with Gasteiger partial charge in [0, 0.05) is 0 Å². The molecule has 1 aromatic carbocycles. The molecule has 18 heavy (non-hydrogen) atoms. The first kappa shape index (κ1) is 12.6. The maximum absolute atomic E-state index is 11.6. The SMILES string of the molecule is O=C(C[C@@H]1[NH2+]CCNC1=O)OCc1ccccc1. The molecule has 0 aromatic heterocycles. The molecule has 1 saturated heterocycles. The molecular formula is C13H17N2O3+. The predicted molar refractivity (Wildman–Crippen MR) is 64.4 cm³/mol. The Bertz CT molecular complexity index is 420. The van der Waals surface area contributed by atoms with Crippen molar-refractivity contribution in [3.63, 3.8) is 0 Å². The van der Waals surface area contributed by atoms with Crippen molar-refractivity contribution < 1.29 is 19.6 Å². The first-order chi connectivity index (χ1) is 8.75. The number of nitrogens with two attached hydrogens (primary N) is 1. The summed E-state index contributed by atoms with van der Waals surface area (Å²) in [4.78, 5) is 23.1. The standard InChI is InChI=1S/C13H16N2O3/c16-12(8-11-13(17)15-7-6-14-11)18-9-10-4-2-1-3-5-10/h1-5,11,14H,6-9H2,(H,15,17)/p+1/t11-/m0/s1. The summed E-state index contributed by atoms with van der Waals surface area (Å²) in [5.74, 6) is -0.421. The zero-order valence-electron chi connectivity index (χ0n) is 10.1. The van der Waals surface area contributed by atoms with E-state index in [-0.39, 0.29) is 30.9 Å². The van der Waals surface area contributed by atoms with Crippen LogP contribution < -0.4 is 10.6 Å². The lowest BCUT2D eigenvalue weighted by Crippen LogP contribution is -2.96. The first-order valence-electron chi connectivity index (χ1n) is 6.06. The van der Waals surface area contributed by atoms with E-state index in [0.29, 0.717) is 6.54 Å². The van der Waals surface area contributed by atoms with Crippen molar-refractivity contribution in [2.24, 2.45) is 0 Å². The van der Waals surface area contributed by atoms with Gasteiger partial charge in [0.1, 0.15) is 13.0 Å². The second-order valence-corrected chi connectivity index (χ2v) is 4.27. The van der Waals surface area contributed by atoms with Gasteiger partial charge in [-0.2, -0.15) is 0 Å². The number of carbonyl (C=O) groups excluding carboxylic acids is 2. The monoisotopic (exact) mass is 249 g/mol. The quantitative estimate of drug-likeness (QED) is 0.685. The minimum absolute atomic E-state index is 0.0853. The molecule has 0 radical (unpaired) electrons. The molecule has 0 unspecified atom stereocenters. The maximum atomic E-state index is 11.6. The lowest BCUT2D eigenvalue weighted by molar-refractivity contribution is -0.678. The Morgan fingerprint density at radius 3 is 2.89 bits per heavy atom. The van der Waals surface area contributed by atoms with E-state index in [4.69, 9.17) is 4.74 Å². The molecule has 0 bridgehead atoms. The largest absolute Gasteiger partial charge is 0.461 e. The van der Waals surface area contributed by atoms with E-state index >= 15 is 0 Å². The van der Waals surface area contributed by atoms with Crippen LogP contribution in [0.1, 0.15) is 12.0 Å². The third-order valence-corrected chi connectivity index (χ3v) is 2.86. The number of carbonyl (C=O) groups is 2. The van der Waals surface area contributed by atoms with Gasteiger partial charge in [-0.15, -0.1) is 0 Å². The highest BCUT2D eigenvalue weighted by molar-refractivity contribution is 5.85. The number of rotatable bonds is 4. The lowest BCUT2D eigenvalue weighted by Gasteiger charge is -2.19. The molecule has 0 aliphatic carbocycles. The van der Waals surface area contributed by atoms with Crippen molar-refractivity contribution >= 4 is 11.9 Å². The van der Waals surface area contributed by atoms with E-state index < -0.39 is 0 Å². The third-order valence-electron chi connectivity index (χ3n) is 2.86. The Labute approximate surface area is 106 Å². The molecule has 5 nitrogen and oxygen atoms in total. The van der Waals surface area contributed by atoms with Gasteiger partial charge in [-0.1, -0.05) is 30.3 Å². The van der Waals surface area contributed by atoms with Gasteiger partial charge in [0.2, 0.25) is 0 Å². The zero-order valence-corrected chi connectivity index (χ0v) is 10.1. The number of amides is 1. The van der Waals surface area contributed by atoms with Crippen LogP contribution in [0.2, 0.25) is 0 Å². The van der Waals surface area contributed by atoms with E-state index in [9.17, 15) is 9.59 Å². The fourth-order valence-electron chi connectivity index (χ4n) is 1.87. The van der Waals surface area contributed by atoms with Crippen molar-refractivity contribution in [2.45, 2.75) is 19.1 Å². The van der Waals surface area contributed by atoms with E-state index in [1.54, 1.807) is 0 Å². The molecule has 96 valence electrons. The van der Waals surface area contributed by atoms with Crippen molar-refractivity contribution in [2.75, 3.05) is 13.1 Å². The van der Waals surface area contributed by atoms with E-state index in [1.165, 1.54) is 0 Å². The van der Waals surface area contributed by atoms with Crippen LogP contribution in [0.3, 0.4) is 0 Å². The number of esters is 1. The summed E-state index contributed by atoms with van der Waals surface area (Å²) < 4.78 is 5.14. The average Bonchev–Trinajstić information content (AvgIpc) is 2.40. The Morgan fingerprint density at radius 1 is 1.39 bits per heavy atom. The van der Waals surface area contributed by atoms with Crippen LogP contribution in [0, 0.1) is 0 Å². The fraction of sp³-hybridized carbons (Fsp3) is 0.385. The van der Waals surface area contributed by atoms with Gasteiger partial charge in [-0.3, -0.25) is 9.59 Å². The molecule has 1 amide bonds. The highest BCUT2D eigenvalue weighted by Crippen LogP contribution is 2.02. The third kappa shape index (κ3) is 3.56. The highest BCUT2D eigenvalue weighted by atomic mass is 16.5. The van der Waals surface area contributed by atoms with Crippen molar-refractivity contribution in [3.8, 4) is 0 Å². The molecule has 1 fully saturated rings. The average molecular weight is 249 g/mol. The first-order valence-corrected chi connectivity index (χ1v) is 6.06. The van der Waals surface area contributed by atoms with Crippen molar-refractivity contribution in [3.05, 3.63) is 35.9 Å². The van der Waals surface area contributed by atoms with Crippen LogP contribution in [0.25, 0.3) is 0 Å². The smallest absolute Gasteiger partial charge is 0.312 e. The number of hydrogen-bond donors (Lipinski definition) is 2. The number of hydrogen-bond acceptors (Lipinski definition) is 3. The molecule has 1 atom stereocenters. The molecular weight excluding hydrogens is 232 g/mol. The van der Waals surface area contributed by atoms with Gasteiger partial charge >= 0.3 is 5.97 Å². The minimum atomic E-state index is -0.345. The van der Waals surface area contributed by atoms with Gasteiger partial charge in [0.05, 0.1) is 13.1 Å². The normalized spacial score (nSPS) is 19.1. The summed E-state index contributed by atoms with van der Waals surface area (Å²) in [6.07, 6.45) is 0.124. The zero-order chi connectivity index (χ0) is 12.8. The van der Waals surface area contributed by atoms with Crippen molar-refractivity contribution in [1.29, 1.82) is 0 Å². The summed E-state index contributed by atoms with van der Waals surface area (Å²) in [5.41, 5.74) is 0.947. The number of ether oxygens (including phenoxy) is 1. The van der Waals surface area contributed by atoms with Crippen molar-refractivity contribution in [1.82, 2.24) is 5.32 Å². The van der Waals surface area contributed by atoms with Crippen LogP contribution in [-0.2, 0) is 20.9 Å². The molecule has 5 heteroatoms. The minimum Gasteiger partial charge on any atom is -0.461 e. The number of quaternary nitrogens is 1. The van der Waals surface area contributed by atoms with Crippen LogP contribution in [0.15, 0.2) is 30.3 Å². The summed E-state index contributed by atoms with van der Waals surface area (Å²) >= 11 is 0. The fourth-order valence-corrected chi connectivity index (χ4v) is 1.87. The Kier molecular flexibility index (Phi) is 4.30. The summed E-state index contributed by atoms with van der Waals surface area (Å²) in [6.45, 7) is 1.73. The second-order valence-electron chi connectivity index (χ2n) is 4.27. The number of piperazine rings is 1. The molecule has 1 heterocycles. The summed E-state index contributed by atoms with van der Waals surface area (Å²) in [6, 6.07) is 9.14. The van der Waals surface area contributed by atoms with Crippen LogP contribution >= 0.6 is 0 Å². The van der Waals surface area contributed by atoms with Gasteiger partial charge in [0.25, 0.3) is 5.91 Å². The molecule has 0 saturated carbocycles. The highest BCUT2D eigenvalue weighted by Gasteiger charge is 2.28. The lowest BCUT2D eigenvalue weighted by atomic mass is 10.1. The number of nitrogens with one attached hydrogen (secondary N) is 1. The van der Waals surface area contributed by atoms with E-state index in [2.05, 4.69) is 5.32 Å². The van der Waals surface area contributed by atoms with E-state index in [0.717, 1.165) is 12.1 Å². The molecule has 1 aliphatic heterocycles. The Morgan fingerprint density at radius 2 is 2.17 bits per heavy atom. The Balaban J connectivity index is 1.76. The van der Waals surface area contributed by atoms with Crippen LogP contribution in [0.4, 0.5) is 0 Å². The molecule has 2 rings (SSSR count). The topological polar surface area (TPSA) is 72.0 Å². The second kappa shape index (κ2) is 6.16. The summed E-state index contributed by atoms with van der Waals surface area (Å²) in [5, 5.41) is 4.61. The van der Waals surface area contributed by atoms with Crippen LogP contribution in [-0.4, -0.2) is 31.0 Å². The molecule has 1 aromatic rings. The van der Waals surface area contributed by atoms with Gasteiger partial charge < -0.3 is 15.4 Å². The molecule has 3 N–H and O–H groups in total. The molecule has 1 aliphatic rings. The predicted octanol–water partition coefficient (Wildman–Crippen LogP) is -0.818. The van der Waals surface area contributed by atoms with Gasteiger partial charge in [-0.05, 0) is 5.56 Å². The molecule has 0 spiro atoms. The van der Waals surface area contributed by atoms with Crippen LogP contribution in [0.5, 0.6) is 0 Å². The maximum Gasteiger partial charge on any atom is 0.312 e. The van der Waals surface area contributed by atoms with E-state index in [1.807, 2.05) is 35.6 Å².